The molecule has 3 nitrogen and oxygen atoms in total. The van der Waals surface area contributed by atoms with Crippen molar-refractivity contribution in [2.45, 2.75) is 20.8 Å². The summed E-state index contributed by atoms with van der Waals surface area (Å²) in [6.45, 7) is 6.38. The molecule has 0 aliphatic rings. The zero-order valence-corrected chi connectivity index (χ0v) is 10.9. The summed E-state index contributed by atoms with van der Waals surface area (Å²) in [6.07, 6.45) is 0. The van der Waals surface area contributed by atoms with Crippen molar-refractivity contribution in [1.29, 1.82) is 0 Å². The molecule has 3 heteroatoms. The highest BCUT2D eigenvalue weighted by molar-refractivity contribution is 5.80. The van der Waals surface area contributed by atoms with Crippen molar-refractivity contribution in [1.82, 2.24) is 4.90 Å². The van der Waals surface area contributed by atoms with Gasteiger partial charge < -0.3 is 10.2 Å². The van der Waals surface area contributed by atoms with Gasteiger partial charge in [0.25, 0.3) is 0 Å². The standard InChI is InChI=1S/C11H16N2O.C2H6/c1-9-4-6-10(7-5-9)12-8-11(14)13(2)3;1-2/h4-7,12H,8H2,1-3H3;1-2H3. The van der Waals surface area contributed by atoms with E-state index in [0.717, 1.165) is 5.69 Å². The molecule has 0 saturated carbocycles. The molecule has 1 rings (SSSR count). The lowest BCUT2D eigenvalue weighted by Gasteiger charge is -2.11. The summed E-state index contributed by atoms with van der Waals surface area (Å²) in [4.78, 5) is 12.8. The van der Waals surface area contributed by atoms with Crippen LogP contribution in [0.1, 0.15) is 19.4 Å². The Kier molecular flexibility index (Phi) is 7.01. The van der Waals surface area contributed by atoms with Gasteiger partial charge in [-0.2, -0.15) is 0 Å². The van der Waals surface area contributed by atoms with Gasteiger partial charge in [-0.3, -0.25) is 4.79 Å². The van der Waals surface area contributed by atoms with E-state index < -0.39 is 0 Å². The van der Waals surface area contributed by atoms with E-state index in [1.165, 1.54) is 5.56 Å². The number of anilines is 1. The van der Waals surface area contributed by atoms with E-state index in [-0.39, 0.29) is 5.91 Å². The minimum absolute atomic E-state index is 0.0746. The van der Waals surface area contributed by atoms with Crippen molar-refractivity contribution in [2.24, 2.45) is 0 Å². The molecule has 1 amide bonds. The first-order chi connectivity index (χ1) is 7.59. The Labute approximate surface area is 98.5 Å². The van der Waals surface area contributed by atoms with E-state index in [0.29, 0.717) is 6.54 Å². The van der Waals surface area contributed by atoms with Crippen LogP contribution in [0.3, 0.4) is 0 Å². The molecule has 0 aliphatic carbocycles. The van der Waals surface area contributed by atoms with Gasteiger partial charge in [-0.15, -0.1) is 0 Å². The monoisotopic (exact) mass is 222 g/mol. The summed E-state index contributed by atoms with van der Waals surface area (Å²) in [6, 6.07) is 7.97. The topological polar surface area (TPSA) is 32.3 Å². The Morgan fingerprint density at radius 1 is 1.19 bits per heavy atom. The number of aryl methyl sites for hydroxylation is 1. The number of nitrogens with zero attached hydrogens (tertiary/aromatic N) is 1. The van der Waals surface area contributed by atoms with Crippen LogP contribution >= 0.6 is 0 Å². The third-order valence-corrected chi connectivity index (χ3v) is 1.99. The minimum Gasteiger partial charge on any atom is -0.376 e. The van der Waals surface area contributed by atoms with Crippen LogP contribution in [0.25, 0.3) is 0 Å². The van der Waals surface area contributed by atoms with Crippen LogP contribution in [-0.4, -0.2) is 31.4 Å². The maximum absolute atomic E-state index is 11.2. The largest absolute Gasteiger partial charge is 0.376 e. The normalized spacial score (nSPS) is 8.81. The number of hydrogen-bond donors (Lipinski definition) is 1. The molecule has 0 aliphatic heterocycles. The Morgan fingerprint density at radius 3 is 2.12 bits per heavy atom. The Balaban J connectivity index is 0.00000106. The highest BCUT2D eigenvalue weighted by atomic mass is 16.2. The molecule has 0 fully saturated rings. The van der Waals surface area contributed by atoms with E-state index in [1.54, 1.807) is 19.0 Å². The van der Waals surface area contributed by atoms with Crippen LogP contribution in [-0.2, 0) is 4.79 Å². The number of carbonyl (C=O) groups excluding carboxylic acids is 1. The highest BCUT2D eigenvalue weighted by Gasteiger charge is 2.02. The molecule has 0 spiro atoms. The first kappa shape index (κ1) is 14.5. The van der Waals surface area contributed by atoms with Crippen LogP contribution < -0.4 is 5.32 Å². The van der Waals surface area contributed by atoms with Crippen molar-refractivity contribution in [2.75, 3.05) is 26.0 Å². The molecule has 0 aromatic heterocycles. The number of hydrogen-bond acceptors (Lipinski definition) is 2. The number of benzene rings is 1. The first-order valence-corrected chi connectivity index (χ1v) is 5.60. The number of carbonyl (C=O) groups is 1. The molecular formula is C13H22N2O. The van der Waals surface area contributed by atoms with Crippen molar-refractivity contribution < 1.29 is 4.79 Å². The SMILES string of the molecule is CC.Cc1ccc(NCC(=O)N(C)C)cc1. The molecule has 90 valence electrons. The van der Waals surface area contributed by atoms with Gasteiger partial charge in [0.05, 0.1) is 6.54 Å². The van der Waals surface area contributed by atoms with E-state index in [1.807, 2.05) is 45.0 Å². The average molecular weight is 222 g/mol. The Hall–Kier alpha value is -1.51. The number of amides is 1. The zero-order valence-electron chi connectivity index (χ0n) is 10.9. The molecule has 1 aromatic rings. The fourth-order valence-corrected chi connectivity index (χ4v) is 1.01. The van der Waals surface area contributed by atoms with Gasteiger partial charge in [-0.25, -0.2) is 0 Å². The molecule has 0 atom stereocenters. The molecule has 1 aromatic carbocycles. The summed E-state index contributed by atoms with van der Waals surface area (Å²) in [5, 5.41) is 3.06. The molecule has 0 unspecified atom stereocenters. The fourth-order valence-electron chi connectivity index (χ4n) is 1.01. The van der Waals surface area contributed by atoms with Gasteiger partial charge in [-0.05, 0) is 19.1 Å². The van der Waals surface area contributed by atoms with Crippen molar-refractivity contribution >= 4 is 11.6 Å². The summed E-state index contributed by atoms with van der Waals surface area (Å²) >= 11 is 0. The van der Waals surface area contributed by atoms with Crippen LogP contribution in [0, 0.1) is 6.92 Å². The van der Waals surface area contributed by atoms with Gasteiger partial charge in [0.15, 0.2) is 0 Å². The number of nitrogens with one attached hydrogen (secondary N) is 1. The van der Waals surface area contributed by atoms with E-state index in [2.05, 4.69) is 5.32 Å². The summed E-state index contributed by atoms with van der Waals surface area (Å²) in [7, 11) is 3.50. The van der Waals surface area contributed by atoms with Crippen LogP contribution in [0.15, 0.2) is 24.3 Å². The van der Waals surface area contributed by atoms with Gasteiger partial charge in [0.2, 0.25) is 5.91 Å². The lowest BCUT2D eigenvalue weighted by atomic mass is 10.2. The number of rotatable bonds is 3. The Bertz CT molecular complexity index is 304. The van der Waals surface area contributed by atoms with Gasteiger partial charge in [-0.1, -0.05) is 31.5 Å². The molecule has 0 saturated heterocycles. The fraction of sp³-hybridized carbons (Fsp3) is 0.462. The van der Waals surface area contributed by atoms with Gasteiger partial charge in [0, 0.05) is 19.8 Å². The van der Waals surface area contributed by atoms with Crippen LogP contribution in [0.2, 0.25) is 0 Å². The molecule has 0 heterocycles. The lowest BCUT2D eigenvalue weighted by molar-refractivity contribution is -0.126. The van der Waals surface area contributed by atoms with Crippen molar-refractivity contribution in [3.05, 3.63) is 29.8 Å². The second-order valence-electron chi connectivity index (χ2n) is 3.51. The Morgan fingerprint density at radius 2 is 1.69 bits per heavy atom. The third kappa shape index (κ3) is 5.39. The maximum Gasteiger partial charge on any atom is 0.241 e. The second kappa shape index (κ2) is 7.74. The minimum atomic E-state index is 0.0746. The van der Waals surface area contributed by atoms with Crippen LogP contribution in [0.5, 0.6) is 0 Å². The average Bonchev–Trinajstić information content (AvgIpc) is 2.30. The maximum atomic E-state index is 11.2. The molecular weight excluding hydrogens is 200 g/mol. The summed E-state index contributed by atoms with van der Waals surface area (Å²) in [5.41, 5.74) is 2.19. The predicted molar refractivity (Wildman–Crippen MR) is 69.7 cm³/mol. The first-order valence-electron chi connectivity index (χ1n) is 5.60. The molecule has 0 radical (unpaired) electrons. The quantitative estimate of drug-likeness (QED) is 0.852. The smallest absolute Gasteiger partial charge is 0.241 e. The van der Waals surface area contributed by atoms with E-state index in [4.69, 9.17) is 0 Å². The predicted octanol–water partition coefficient (Wildman–Crippen LogP) is 2.52. The zero-order chi connectivity index (χ0) is 12.6. The van der Waals surface area contributed by atoms with Crippen LogP contribution in [0.4, 0.5) is 5.69 Å². The summed E-state index contributed by atoms with van der Waals surface area (Å²) in [5.74, 6) is 0.0746. The van der Waals surface area contributed by atoms with E-state index in [9.17, 15) is 4.79 Å². The van der Waals surface area contributed by atoms with Gasteiger partial charge >= 0.3 is 0 Å². The van der Waals surface area contributed by atoms with Crippen molar-refractivity contribution in [3.63, 3.8) is 0 Å². The number of likely N-dealkylation sites (N-methyl/N-ethyl adjacent to an activating group) is 1. The van der Waals surface area contributed by atoms with E-state index >= 15 is 0 Å². The van der Waals surface area contributed by atoms with Crippen molar-refractivity contribution in [3.8, 4) is 0 Å². The van der Waals surface area contributed by atoms with Gasteiger partial charge in [0.1, 0.15) is 0 Å². The molecule has 1 N–H and O–H groups in total. The highest BCUT2D eigenvalue weighted by Crippen LogP contribution is 2.07. The lowest BCUT2D eigenvalue weighted by Crippen LogP contribution is -2.28. The molecule has 16 heavy (non-hydrogen) atoms. The second-order valence-corrected chi connectivity index (χ2v) is 3.51. The molecule has 0 bridgehead atoms. The summed E-state index contributed by atoms with van der Waals surface area (Å²) < 4.78 is 0. The third-order valence-electron chi connectivity index (χ3n) is 1.99.